The van der Waals surface area contributed by atoms with Crippen LogP contribution in [0.25, 0.3) is 11.0 Å². The van der Waals surface area contributed by atoms with Crippen LogP contribution in [-0.4, -0.2) is 26.1 Å². The third-order valence-corrected chi connectivity index (χ3v) is 3.04. The largest absolute Gasteiger partial charge is 0.573 e. The van der Waals surface area contributed by atoms with E-state index < -0.39 is 6.36 Å². The molecule has 2 heterocycles. The van der Waals surface area contributed by atoms with Crippen LogP contribution in [0.1, 0.15) is 6.92 Å². The van der Waals surface area contributed by atoms with Gasteiger partial charge in [0.15, 0.2) is 5.65 Å². The van der Waals surface area contributed by atoms with Crippen molar-refractivity contribution in [2.45, 2.75) is 19.8 Å². The number of hydrogen-bond acceptors (Lipinski definition) is 5. The number of nitrogens with zero attached hydrogens (tertiary/aromatic N) is 4. The Kier molecular flexibility index (Phi) is 3.77. The average molecular weight is 323 g/mol. The van der Waals surface area contributed by atoms with Crippen molar-refractivity contribution in [3.8, 4) is 5.75 Å². The van der Waals surface area contributed by atoms with Gasteiger partial charge in [0.1, 0.15) is 17.9 Å². The van der Waals surface area contributed by atoms with E-state index in [1.807, 2.05) is 6.92 Å². The monoisotopic (exact) mass is 323 g/mol. The maximum atomic E-state index is 12.1. The minimum Gasteiger partial charge on any atom is -0.406 e. The SMILES string of the molecule is CCn1cc2c(Nc3ccc(OC(F)(F)F)cc3)ncnc2n1. The first-order chi connectivity index (χ1) is 10.9. The molecule has 1 aromatic carbocycles. The quantitative estimate of drug-likeness (QED) is 0.796. The Balaban J connectivity index is 1.83. The molecule has 0 aliphatic rings. The predicted octanol–water partition coefficient (Wildman–Crippen LogP) is 3.49. The number of aromatic nitrogens is 4. The molecule has 0 saturated carbocycles. The molecule has 23 heavy (non-hydrogen) atoms. The molecule has 0 aliphatic carbocycles. The van der Waals surface area contributed by atoms with Gasteiger partial charge in [-0.3, -0.25) is 4.68 Å². The van der Waals surface area contributed by atoms with Gasteiger partial charge in [-0.2, -0.15) is 5.10 Å². The summed E-state index contributed by atoms with van der Waals surface area (Å²) < 4.78 is 42.0. The molecule has 3 aromatic rings. The summed E-state index contributed by atoms with van der Waals surface area (Å²) in [6, 6.07) is 5.39. The van der Waals surface area contributed by atoms with Gasteiger partial charge in [0.2, 0.25) is 0 Å². The molecule has 3 rings (SSSR count). The van der Waals surface area contributed by atoms with E-state index in [1.54, 1.807) is 10.9 Å². The van der Waals surface area contributed by atoms with Crippen LogP contribution in [0, 0.1) is 0 Å². The Morgan fingerprint density at radius 3 is 2.57 bits per heavy atom. The zero-order chi connectivity index (χ0) is 16.4. The lowest BCUT2D eigenvalue weighted by atomic mass is 10.3. The van der Waals surface area contributed by atoms with E-state index in [0.29, 0.717) is 23.7 Å². The average Bonchev–Trinajstić information content (AvgIpc) is 2.92. The molecule has 120 valence electrons. The van der Waals surface area contributed by atoms with Crippen molar-refractivity contribution in [3.63, 3.8) is 0 Å². The van der Waals surface area contributed by atoms with Crippen LogP contribution in [0.5, 0.6) is 5.75 Å². The van der Waals surface area contributed by atoms with E-state index in [1.165, 1.54) is 30.6 Å². The highest BCUT2D eigenvalue weighted by Gasteiger charge is 2.30. The first-order valence-corrected chi connectivity index (χ1v) is 6.75. The Hall–Kier alpha value is -2.84. The van der Waals surface area contributed by atoms with Crippen molar-refractivity contribution in [1.29, 1.82) is 0 Å². The maximum Gasteiger partial charge on any atom is 0.573 e. The van der Waals surface area contributed by atoms with E-state index in [4.69, 9.17) is 0 Å². The molecular weight excluding hydrogens is 311 g/mol. The number of fused-ring (bicyclic) bond motifs is 1. The highest BCUT2D eigenvalue weighted by Crippen LogP contribution is 2.26. The first kappa shape index (κ1) is 15.1. The number of aryl methyl sites for hydroxylation is 1. The molecule has 9 heteroatoms. The molecule has 0 aliphatic heterocycles. The minimum atomic E-state index is -4.71. The Morgan fingerprint density at radius 1 is 1.17 bits per heavy atom. The molecular formula is C14H12F3N5O. The molecule has 2 aromatic heterocycles. The van der Waals surface area contributed by atoms with Crippen molar-refractivity contribution >= 4 is 22.5 Å². The highest BCUT2D eigenvalue weighted by atomic mass is 19.4. The van der Waals surface area contributed by atoms with Crippen molar-refractivity contribution in [3.05, 3.63) is 36.8 Å². The Bertz CT molecular complexity index is 813. The Labute approximate surface area is 128 Å². The van der Waals surface area contributed by atoms with Crippen molar-refractivity contribution in [2.75, 3.05) is 5.32 Å². The van der Waals surface area contributed by atoms with Gasteiger partial charge >= 0.3 is 6.36 Å². The minimum absolute atomic E-state index is 0.283. The number of anilines is 2. The number of hydrogen-bond donors (Lipinski definition) is 1. The predicted molar refractivity (Wildman–Crippen MR) is 77.4 cm³/mol. The van der Waals surface area contributed by atoms with Crippen LogP contribution >= 0.6 is 0 Å². The van der Waals surface area contributed by atoms with E-state index in [-0.39, 0.29) is 5.75 Å². The zero-order valence-electron chi connectivity index (χ0n) is 12.0. The van der Waals surface area contributed by atoms with E-state index >= 15 is 0 Å². The fourth-order valence-corrected chi connectivity index (χ4v) is 2.02. The number of rotatable bonds is 4. The number of nitrogens with one attached hydrogen (secondary N) is 1. The van der Waals surface area contributed by atoms with Crippen molar-refractivity contribution in [2.24, 2.45) is 0 Å². The topological polar surface area (TPSA) is 64.9 Å². The second-order valence-electron chi connectivity index (χ2n) is 4.64. The van der Waals surface area contributed by atoms with Gasteiger partial charge in [-0.05, 0) is 31.2 Å². The van der Waals surface area contributed by atoms with Gasteiger partial charge in [-0.1, -0.05) is 0 Å². The summed E-state index contributed by atoms with van der Waals surface area (Å²) in [6.45, 7) is 2.64. The summed E-state index contributed by atoms with van der Waals surface area (Å²) in [4.78, 5) is 8.22. The molecule has 1 N–H and O–H groups in total. The van der Waals surface area contributed by atoms with Crippen LogP contribution in [0.4, 0.5) is 24.7 Å². The fourth-order valence-electron chi connectivity index (χ4n) is 2.02. The lowest BCUT2D eigenvalue weighted by Crippen LogP contribution is -2.16. The molecule has 0 spiro atoms. The number of halogens is 3. The second kappa shape index (κ2) is 5.75. The maximum absolute atomic E-state index is 12.1. The summed E-state index contributed by atoms with van der Waals surface area (Å²) >= 11 is 0. The normalized spacial score (nSPS) is 11.7. The fraction of sp³-hybridized carbons (Fsp3) is 0.214. The van der Waals surface area contributed by atoms with E-state index in [0.717, 1.165) is 5.39 Å². The lowest BCUT2D eigenvalue weighted by Gasteiger charge is -2.10. The van der Waals surface area contributed by atoms with Crippen LogP contribution in [0.15, 0.2) is 36.8 Å². The number of ether oxygens (including phenoxy) is 1. The smallest absolute Gasteiger partial charge is 0.406 e. The molecule has 6 nitrogen and oxygen atoms in total. The van der Waals surface area contributed by atoms with Crippen LogP contribution in [0.3, 0.4) is 0 Å². The van der Waals surface area contributed by atoms with E-state index in [9.17, 15) is 13.2 Å². The van der Waals surface area contributed by atoms with Crippen LogP contribution < -0.4 is 10.1 Å². The molecule has 0 amide bonds. The van der Waals surface area contributed by atoms with Gasteiger partial charge in [0.25, 0.3) is 0 Å². The third-order valence-electron chi connectivity index (χ3n) is 3.04. The molecule has 0 bridgehead atoms. The molecule has 0 atom stereocenters. The lowest BCUT2D eigenvalue weighted by molar-refractivity contribution is -0.274. The van der Waals surface area contributed by atoms with Gasteiger partial charge in [0.05, 0.1) is 5.39 Å². The van der Waals surface area contributed by atoms with Crippen LogP contribution in [-0.2, 0) is 6.54 Å². The summed E-state index contributed by atoms with van der Waals surface area (Å²) in [5.41, 5.74) is 1.12. The van der Waals surface area contributed by atoms with Gasteiger partial charge in [-0.25, -0.2) is 9.97 Å². The van der Waals surface area contributed by atoms with Crippen molar-refractivity contribution < 1.29 is 17.9 Å². The van der Waals surface area contributed by atoms with E-state index in [2.05, 4.69) is 25.1 Å². The molecule has 0 saturated heterocycles. The molecule has 0 radical (unpaired) electrons. The van der Waals surface area contributed by atoms with Gasteiger partial charge in [0, 0.05) is 18.4 Å². The third kappa shape index (κ3) is 3.50. The zero-order valence-corrected chi connectivity index (χ0v) is 12.0. The molecule has 0 unspecified atom stereocenters. The number of benzene rings is 1. The van der Waals surface area contributed by atoms with Crippen LogP contribution in [0.2, 0.25) is 0 Å². The second-order valence-corrected chi connectivity index (χ2v) is 4.64. The summed E-state index contributed by atoms with van der Waals surface area (Å²) in [6.07, 6.45) is -1.53. The Morgan fingerprint density at radius 2 is 1.91 bits per heavy atom. The van der Waals surface area contributed by atoms with Gasteiger partial charge < -0.3 is 10.1 Å². The van der Waals surface area contributed by atoms with Crippen molar-refractivity contribution in [1.82, 2.24) is 19.7 Å². The first-order valence-electron chi connectivity index (χ1n) is 6.75. The number of alkyl halides is 3. The summed E-state index contributed by atoms with van der Waals surface area (Å²) in [7, 11) is 0. The summed E-state index contributed by atoms with van der Waals surface area (Å²) in [5, 5.41) is 8.03. The summed E-state index contributed by atoms with van der Waals surface area (Å²) in [5.74, 6) is 0.244. The highest BCUT2D eigenvalue weighted by molar-refractivity contribution is 5.87. The van der Waals surface area contributed by atoms with Gasteiger partial charge in [-0.15, -0.1) is 13.2 Å². The molecule has 0 fully saturated rings. The standard InChI is InChI=1S/C14H12F3N5O/c1-2-22-7-11-12(18-8-19-13(11)21-22)20-9-3-5-10(6-4-9)23-14(15,16)17/h3-8H,2H2,1H3,(H,18,19,20,21).